The van der Waals surface area contributed by atoms with Crippen molar-refractivity contribution >= 4 is 17.9 Å². The highest BCUT2D eigenvalue weighted by molar-refractivity contribution is 5.92. The van der Waals surface area contributed by atoms with E-state index >= 15 is 0 Å². The molecular formula is C10H12O8. The van der Waals surface area contributed by atoms with Crippen LogP contribution >= 0.6 is 0 Å². The van der Waals surface area contributed by atoms with Gasteiger partial charge in [-0.05, 0) is 13.8 Å². The molecule has 2 rings (SSSR count). The highest BCUT2D eigenvalue weighted by Crippen LogP contribution is 2.38. The Morgan fingerprint density at radius 2 is 1.44 bits per heavy atom. The Morgan fingerprint density at radius 1 is 0.944 bits per heavy atom. The summed E-state index contributed by atoms with van der Waals surface area (Å²) in [7, 11) is 0. The van der Waals surface area contributed by atoms with Crippen LogP contribution in [0.2, 0.25) is 0 Å². The number of cyclic esters (lactones) is 1. The van der Waals surface area contributed by atoms with Crippen molar-refractivity contribution in [2.75, 3.05) is 0 Å². The van der Waals surface area contributed by atoms with Crippen LogP contribution < -0.4 is 0 Å². The Hall–Kier alpha value is -1.67. The van der Waals surface area contributed by atoms with Crippen molar-refractivity contribution in [2.24, 2.45) is 0 Å². The van der Waals surface area contributed by atoms with Gasteiger partial charge in [-0.2, -0.15) is 0 Å². The molecular weight excluding hydrogens is 248 g/mol. The molecule has 2 atom stereocenters. The fourth-order valence-corrected chi connectivity index (χ4v) is 1.75. The summed E-state index contributed by atoms with van der Waals surface area (Å²) in [5.74, 6) is -6.09. The van der Waals surface area contributed by atoms with E-state index in [0.29, 0.717) is 0 Å². The summed E-state index contributed by atoms with van der Waals surface area (Å²) < 4.78 is 14.0. The van der Waals surface area contributed by atoms with Gasteiger partial charge in [0.1, 0.15) is 0 Å². The average Bonchev–Trinajstić information content (AvgIpc) is 2.18. The normalized spacial score (nSPS) is 39.0. The summed E-state index contributed by atoms with van der Waals surface area (Å²) in [5, 5.41) is 19.9. The topological polar surface area (TPSA) is 119 Å². The van der Waals surface area contributed by atoms with E-state index in [-0.39, 0.29) is 0 Å². The molecule has 2 aliphatic heterocycles. The number of hydrogen-bond acceptors (Lipinski definition) is 8. The second-order valence-electron chi connectivity index (χ2n) is 4.81. The lowest BCUT2D eigenvalue weighted by molar-refractivity contribution is -0.386. The second-order valence-corrected chi connectivity index (χ2v) is 4.81. The van der Waals surface area contributed by atoms with Crippen molar-refractivity contribution in [1.29, 1.82) is 0 Å². The van der Waals surface area contributed by atoms with E-state index in [1.807, 2.05) is 0 Å². The zero-order valence-electron chi connectivity index (χ0n) is 9.76. The molecule has 2 bridgehead atoms. The number of hydrogen-bond donors (Lipinski definition) is 2. The highest BCUT2D eigenvalue weighted by Gasteiger charge is 2.63. The molecule has 0 amide bonds. The molecule has 8 nitrogen and oxygen atoms in total. The first kappa shape index (κ1) is 12.8. The molecule has 2 fully saturated rings. The number of esters is 3. The van der Waals surface area contributed by atoms with Crippen LogP contribution in [-0.2, 0) is 28.6 Å². The van der Waals surface area contributed by atoms with Gasteiger partial charge >= 0.3 is 23.9 Å². The largest absolute Gasteiger partial charge is 0.448 e. The highest BCUT2D eigenvalue weighted by atomic mass is 16.9. The molecule has 2 aliphatic rings. The van der Waals surface area contributed by atoms with Crippen LogP contribution in [0, 0.1) is 0 Å². The molecule has 18 heavy (non-hydrogen) atoms. The van der Waals surface area contributed by atoms with Gasteiger partial charge in [-0.1, -0.05) is 0 Å². The van der Waals surface area contributed by atoms with Crippen molar-refractivity contribution in [3.8, 4) is 0 Å². The Bertz CT molecular complexity index is 439. The molecule has 2 unspecified atom stereocenters. The first-order chi connectivity index (χ1) is 8.08. The van der Waals surface area contributed by atoms with Crippen LogP contribution in [-0.4, -0.2) is 45.3 Å². The molecule has 8 heteroatoms. The summed E-state index contributed by atoms with van der Waals surface area (Å²) >= 11 is 0. The fourth-order valence-electron chi connectivity index (χ4n) is 1.75. The van der Waals surface area contributed by atoms with Crippen LogP contribution in [0.25, 0.3) is 0 Å². The minimum Gasteiger partial charge on any atom is -0.448 e. The Balaban J connectivity index is 2.56. The lowest BCUT2D eigenvalue weighted by Crippen LogP contribution is -2.60. The lowest BCUT2D eigenvalue weighted by atomic mass is 9.95. The van der Waals surface area contributed by atoms with E-state index in [2.05, 4.69) is 9.47 Å². The van der Waals surface area contributed by atoms with Crippen LogP contribution in [0.15, 0.2) is 0 Å². The number of carbonyl (C=O) groups is 3. The van der Waals surface area contributed by atoms with Gasteiger partial charge in [0, 0.05) is 0 Å². The van der Waals surface area contributed by atoms with Crippen LogP contribution in [0.5, 0.6) is 0 Å². The Morgan fingerprint density at radius 3 is 2.00 bits per heavy atom. The van der Waals surface area contributed by atoms with Crippen molar-refractivity contribution in [2.45, 2.75) is 43.9 Å². The second kappa shape index (κ2) is 3.42. The number of aliphatic hydroxyl groups is 2. The quantitative estimate of drug-likeness (QED) is 0.509. The van der Waals surface area contributed by atoms with E-state index in [1.165, 1.54) is 13.8 Å². The summed E-state index contributed by atoms with van der Waals surface area (Å²) in [6.45, 7) is 2.42. The first-order valence-electron chi connectivity index (χ1n) is 5.20. The standard InChI is InChI=1S/C10H12O8/c1-8(2)10(15)17-6(12)4-9(14,7(13)18-10)3-5(11)16-8/h14-15H,3-4H2,1-2H3. The fraction of sp³-hybridized carbons (Fsp3) is 0.700. The molecule has 0 aromatic carbocycles. The lowest BCUT2D eigenvalue weighted by Gasteiger charge is -2.39. The minimum atomic E-state index is -2.76. The van der Waals surface area contributed by atoms with Crippen molar-refractivity contribution < 1.29 is 38.8 Å². The van der Waals surface area contributed by atoms with Gasteiger partial charge in [-0.15, -0.1) is 0 Å². The molecule has 0 aromatic rings. The minimum absolute atomic E-state index is 0.750. The molecule has 0 saturated carbocycles. The van der Waals surface area contributed by atoms with Gasteiger partial charge in [0.2, 0.25) is 5.60 Å². The van der Waals surface area contributed by atoms with Crippen molar-refractivity contribution in [3.63, 3.8) is 0 Å². The summed E-state index contributed by atoms with van der Waals surface area (Å²) in [5.41, 5.74) is -4.17. The number of rotatable bonds is 0. The molecule has 0 spiro atoms. The molecule has 0 aromatic heterocycles. The van der Waals surface area contributed by atoms with Gasteiger partial charge in [0.05, 0.1) is 12.8 Å². The molecule has 100 valence electrons. The maximum atomic E-state index is 11.7. The summed E-state index contributed by atoms with van der Waals surface area (Å²) in [4.78, 5) is 34.7. The van der Waals surface area contributed by atoms with Gasteiger partial charge in [-0.3, -0.25) is 9.59 Å². The van der Waals surface area contributed by atoms with Crippen LogP contribution in [0.4, 0.5) is 0 Å². The maximum absolute atomic E-state index is 11.7. The van der Waals surface area contributed by atoms with E-state index in [4.69, 9.17) is 4.74 Å². The third-order valence-corrected chi connectivity index (χ3v) is 2.87. The van der Waals surface area contributed by atoms with Gasteiger partial charge in [0.25, 0.3) is 0 Å². The number of fused-ring (bicyclic) bond motifs is 3. The molecule has 2 heterocycles. The number of ether oxygens (including phenoxy) is 3. The third kappa shape index (κ3) is 1.73. The van der Waals surface area contributed by atoms with Crippen molar-refractivity contribution in [1.82, 2.24) is 0 Å². The zero-order chi connectivity index (χ0) is 13.8. The average molecular weight is 260 g/mol. The van der Waals surface area contributed by atoms with Gasteiger partial charge in [0.15, 0.2) is 5.60 Å². The monoisotopic (exact) mass is 260 g/mol. The predicted molar refractivity (Wildman–Crippen MR) is 51.5 cm³/mol. The van der Waals surface area contributed by atoms with E-state index in [9.17, 15) is 24.6 Å². The van der Waals surface area contributed by atoms with Crippen LogP contribution in [0.1, 0.15) is 26.7 Å². The van der Waals surface area contributed by atoms with Gasteiger partial charge < -0.3 is 24.4 Å². The summed E-state index contributed by atoms with van der Waals surface area (Å²) in [6.07, 6.45) is -1.54. The molecule has 2 saturated heterocycles. The Kier molecular flexibility index (Phi) is 2.43. The van der Waals surface area contributed by atoms with E-state index < -0.39 is 47.9 Å². The summed E-state index contributed by atoms with van der Waals surface area (Å²) in [6, 6.07) is 0. The van der Waals surface area contributed by atoms with E-state index in [1.54, 1.807) is 0 Å². The third-order valence-electron chi connectivity index (χ3n) is 2.87. The van der Waals surface area contributed by atoms with Crippen molar-refractivity contribution in [3.05, 3.63) is 0 Å². The number of carbonyl (C=O) groups excluding carboxylic acids is 3. The predicted octanol–water partition coefficient (Wildman–Crippen LogP) is -1.42. The molecule has 0 radical (unpaired) electrons. The molecule has 2 N–H and O–H groups in total. The SMILES string of the molecule is CC1(C)OC(=O)CC2(O)CC(=O)OC1(O)OC2=O. The molecule has 0 aliphatic carbocycles. The van der Waals surface area contributed by atoms with E-state index in [0.717, 1.165) is 0 Å². The Labute approximate surface area is 101 Å². The van der Waals surface area contributed by atoms with Gasteiger partial charge in [-0.25, -0.2) is 4.79 Å². The maximum Gasteiger partial charge on any atom is 0.415 e. The zero-order valence-corrected chi connectivity index (χ0v) is 9.76. The van der Waals surface area contributed by atoms with Crippen LogP contribution in [0.3, 0.4) is 0 Å². The smallest absolute Gasteiger partial charge is 0.415 e. The first-order valence-corrected chi connectivity index (χ1v) is 5.20.